The highest BCUT2D eigenvalue weighted by molar-refractivity contribution is 5.90. The number of carbonyl (C=O) groups excluding carboxylic acids is 2. The van der Waals surface area contributed by atoms with E-state index in [-0.39, 0.29) is 13.0 Å². The summed E-state index contributed by atoms with van der Waals surface area (Å²) in [7, 11) is 0. The van der Waals surface area contributed by atoms with Gasteiger partial charge in [-0.25, -0.2) is 9.59 Å². The van der Waals surface area contributed by atoms with Crippen LogP contribution in [0.2, 0.25) is 0 Å². The highest BCUT2D eigenvalue weighted by Crippen LogP contribution is 2.23. The van der Waals surface area contributed by atoms with Crippen molar-refractivity contribution in [3.05, 3.63) is 71.8 Å². The minimum absolute atomic E-state index is 0.114. The lowest BCUT2D eigenvalue weighted by molar-refractivity contribution is -0.110. The number of rotatable bonds is 5. The molecule has 0 aliphatic carbocycles. The Morgan fingerprint density at radius 1 is 0.960 bits per heavy atom. The molecule has 3 rings (SSSR count). The van der Waals surface area contributed by atoms with E-state index in [1.807, 2.05) is 0 Å². The summed E-state index contributed by atoms with van der Waals surface area (Å²) in [4.78, 5) is 24.1. The Bertz CT molecular complexity index is 715. The van der Waals surface area contributed by atoms with Crippen molar-refractivity contribution in [3.8, 4) is 0 Å². The summed E-state index contributed by atoms with van der Waals surface area (Å²) in [5.74, 6) is -1.01. The standard InChI is InChI=1S/C19H18O6/c20-17-11-15(25-19(22)14-9-5-2-6-10-14)16(24-17)12-23-18(21)13-7-3-1-4-8-13/h1-10,15-17,20H,11-12H2/t15-,16-,17?/m0/s1. The van der Waals surface area contributed by atoms with Gasteiger partial charge >= 0.3 is 11.9 Å². The molecule has 1 heterocycles. The lowest BCUT2D eigenvalue weighted by Gasteiger charge is -2.18. The molecule has 1 unspecified atom stereocenters. The summed E-state index contributed by atoms with van der Waals surface area (Å²) in [6, 6.07) is 17.1. The van der Waals surface area contributed by atoms with Crippen molar-refractivity contribution in [3.63, 3.8) is 0 Å². The molecule has 0 aromatic heterocycles. The lowest BCUT2D eigenvalue weighted by Crippen LogP contribution is -2.32. The number of carbonyl (C=O) groups is 2. The number of hydrogen-bond acceptors (Lipinski definition) is 6. The van der Waals surface area contributed by atoms with Gasteiger partial charge in [-0.1, -0.05) is 36.4 Å². The zero-order valence-corrected chi connectivity index (χ0v) is 13.4. The predicted molar refractivity (Wildman–Crippen MR) is 87.9 cm³/mol. The van der Waals surface area contributed by atoms with Gasteiger partial charge in [-0.3, -0.25) is 0 Å². The molecule has 1 aliphatic heterocycles. The van der Waals surface area contributed by atoms with Crippen molar-refractivity contribution in [1.82, 2.24) is 0 Å². The molecule has 1 aliphatic rings. The molecule has 25 heavy (non-hydrogen) atoms. The number of hydrogen-bond donors (Lipinski definition) is 1. The van der Waals surface area contributed by atoms with E-state index in [0.29, 0.717) is 11.1 Å². The molecule has 0 bridgehead atoms. The molecule has 6 nitrogen and oxygen atoms in total. The summed E-state index contributed by atoms with van der Waals surface area (Å²) in [5, 5.41) is 9.68. The van der Waals surface area contributed by atoms with Gasteiger partial charge in [0.25, 0.3) is 0 Å². The second kappa shape index (κ2) is 7.92. The lowest BCUT2D eigenvalue weighted by atomic mass is 10.1. The summed E-state index contributed by atoms with van der Waals surface area (Å²) in [6.45, 7) is -0.114. The van der Waals surface area contributed by atoms with Crippen LogP contribution in [0.3, 0.4) is 0 Å². The number of aliphatic hydroxyl groups excluding tert-OH is 1. The smallest absolute Gasteiger partial charge is 0.338 e. The summed E-state index contributed by atoms with van der Waals surface area (Å²) >= 11 is 0. The number of benzene rings is 2. The molecule has 6 heteroatoms. The number of esters is 2. The quantitative estimate of drug-likeness (QED) is 0.839. The third kappa shape index (κ3) is 4.43. The van der Waals surface area contributed by atoms with E-state index in [9.17, 15) is 14.7 Å². The topological polar surface area (TPSA) is 82.1 Å². The van der Waals surface area contributed by atoms with Gasteiger partial charge in [-0.05, 0) is 24.3 Å². The van der Waals surface area contributed by atoms with Crippen LogP contribution in [0, 0.1) is 0 Å². The van der Waals surface area contributed by atoms with E-state index in [4.69, 9.17) is 14.2 Å². The first-order valence-electron chi connectivity index (χ1n) is 7.95. The Hall–Kier alpha value is -2.70. The van der Waals surface area contributed by atoms with E-state index in [1.165, 1.54) is 0 Å². The van der Waals surface area contributed by atoms with E-state index >= 15 is 0 Å². The highest BCUT2D eigenvalue weighted by Gasteiger charge is 2.38. The highest BCUT2D eigenvalue weighted by atomic mass is 16.7. The first kappa shape index (κ1) is 17.1. The summed E-state index contributed by atoms with van der Waals surface area (Å²) in [5.41, 5.74) is 0.822. The maximum atomic E-state index is 12.1. The number of aliphatic hydroxyl groups is 1. The fourth-order valence-corrected chi connectivity index (χ4v) is 2.56. The van der Waals surface area contributed by atoms with E-state index < -0.39 is 30.4 Å². The van der Waals surface area contributed by atoms with E-state index in [2.05, 4.69) is 0 Å². The van der Waals surface area contributed by atoms with Crippen molar-refractivity contribution >= 4 is 11.9 Å². The molecule has 0 spiro atoms. The average Bonchev–Trinajstić information content (AvgIpc) is 3.00. The van der Waals surface area contributed by atoms with Crippen LogP contribution in [0.15, 0.2) is 60.7 Å². The van der Waals surface area contributed by atoms with E-state index in [0.717, 1.165) is 0 Å². The van der Waals surface area contributed by atoms with Gasteiger partial charge in [-0.2, -0.15) is 0 Å². The molecule has 3 atom stereocenters. The Kier molecular flexibility index (Phi) is 5.42. The summed E-state index contributed by atoms with van der Waals surface area (Å²) in [6.07, 6.45) is -2.33. The van der Waals surface area contributed by atoms with Gasteiger partial charge < -0.3 is 19.3 Å². The Morgan fingerprint density at radius 3 is 2.12 bits per heavy atom. The normalized spacial score (nSPS) is 22.4. The third-order valence-corrected chi connectivity index (χ3v) is 3.84. The molecule has 1 fully saturated rings. The van der Waals surface area contributed by atoms with Gasteiger partial charge in [0.15, 0.2) is 6.29 Å². The van der Waals surface area contributed by atoms with Gasteiger partial charge in [0.2, 0.25) is 0 Å². The fraction of sp³-hybridized carbons (Fsp3) is 0.263. The van der Waals surface area contributed by atoms with E-state index in [1.54, 1.807) is 60.7 Å². The van der Waals surface area contributed by atoms with Gasteiger partial charge in [0.1, 0.15) is 18.8 Å². The molecule has 2 aromatic carbocycles. The van der Waals surface area contributed by atoms with Crippen LogP contribution in [0.25, 0.3) is 0 Å². The molecule has 130 valence electrons. The molecular weight excluding hydrogens is 324 g/mol. The first-order valence-corrected chi connectivity index (χ1v) is 7.95. The molecule has 0 saturated carbocycles. The van der Waals surface area contributed by atoms with Crippen molar-refractivity contribution in [2.75, 3.05) is 6.61 Å². The van der Waals surface area contributed by atoms with Gasteiger partial charge in [0, 0.05) is 6.42 Å². The zero-order valence-electron chi connectivity index (χ0n) is 13.4. The maximum absolute atomic E-state index is 12.1. The van der Waals surface area contributed by atoms with Crippen LogP contribution in [0.4, 0.5) is 0 Å². The molecule has 1 saturated heterocycles. The minimum atomic E-state index is -1.06. The molecular formula is C19H18O6. The fourth-order valence-electron chi connectivity index (χ4n) is 2.56. The summed E-state index contributed by atoms with van der Waals surface area (Å²) < 4.78 is 15.9. The molecule has 0 amide bonds. The maximum Gasteiger partial charge on any atom is 0.338 e. The minimum Gasteiger partial charge on any atom is -0.459 e. The largest absolute Gasteiger partial charge is 0.459 e. The predicted octanol–water partition coefficient (Wildman–Crippen LogP) is 2.18. The van der Waals surface area contributed by atoms with Crippen LogP contribution >= 0.6 is 0 Å². The third-order valence-electron chi connectivity index (χ3n) is 3.84. The second-order valence-corrected chi connectivity index (χ2v) is 5.64. The van der Waals surface area contributed by atoms with Crippen LogP contribution in [0.5, 0.6) is 0 Å². The zero-order chi connectivity index (χ0) is 17.6. The molecule has 2 aromatic rings. The Labute approximate surface area is 144 Å². The molecule has 1 N–H and O–H groups in total. The molecule has 0 radical (unpaired) electrons. The van der Waals surface area contributed by atoms with Gasteiger partial charge in [-0.15, -0.1) is 0 Å². The second-order valence-electron chi connectivity index (χ2n) is 5.64. The van der Waals surface area contributed by atoms with Crippen molar-refractivity contribution in [1.29, 1.82) is 0 Å². The van der Waals surface area contributed by atoms with Crippen molar-refractivity contribution in [2.45, 2.75) is 24.9 Å². The van der Waals surface area contributed by atoms with Crippen molar-refractivity contribution in [2.24, 2.45) is 0 Å². The monoisotopic (exact) mass is 342 g/mol. The number of ether oxygens (including phenoxy) is 3. The Morgan fingerprint density at radius 2 is 1.52 bits per heavy atom. The SMILES string of the molecule is O=C(OC[C@@H]1OC(O)C[C@@H]1OC(=O)c1ccccc1)c1ccccc1. The van der Waals surface area contributed by atoms with Crippen LogP contribution in [-0.4, -0.2) is 42.1 Å². The van der Waals surface area contributed by atoms with Crippen molar-refractivity contribution < 1.29 is 28.9 Å². The van der Waals surface area contributed by atoms with Crippen LogP contribution in [0.1, 0.15) is 27.1 Å². The average molecular weight is 342 g/mol. The van der Waals surface area contributed by atoms with Gasteiger partial charge in [0.05, 0.1) is 11.1 Å². The first-order chi connectivity index (χ1) is 12.1. The van der Waals surface area contributed by atoms with Crippen LogP contribution < -0.4 is 0 Å². The Balaban J connectivity index is 1.58. The van der Waals surface area contributed by atoms with Crippen LogP contribution in [-0.2, 0) is 14.2 Å².